The summed E-state index contributed by atoms with van der Waals surface area (Å²) in [6.07, 6.45) is 2.33. The zero-order chi connectivity index (χ0) is 21.7. The van der Waals surface area contributed by atoms with Crippen molar-refractivity contribution in [1.82, 2.24) is 14.3 Å². The molecule has 5 rings (SSSR count). The number of pyridine rings is 1. The Morgan fingerprint density at radius 1 is 1.03 bits per heavy atom. The molecular weight excluding hydrogens is 398 g/mol. The van der Waals surface area contributed by atoms with Crippen molar-refractivity contribution in [2.75, 3.05) is 41.7 Å². The summed E-state index contributed by atoms with van der Waals surface area (Å²) in [6.45, 7) is 0.912. The zero-order valence-corrected chi connectivity index (χ0v) is 17.9. The van der Waals surface area contributed by atoms with Crippen LogP contribution in [-0.4, -0.2) is 55.9 Å². The first kappa shape index (κ1) is 19.4. The molecule has 0 bridgehead atoms. The van der Waals surface area contributed by atoms with Gasteiger partial charge in [-0.1, -0.05) is 0 Å². The Labute approximate surface area is 178 Å². The third-order valence-electron chi connectivity index (χ3n) is 5.67. The lowest BCUT2D eigenvalue weighted by Gasteiger charge is -2.17. The van der Waals surface area contributed by atoms with Crippen molar-refractivity contribution < 1.29 is 18.9 Å². The molecule has 0 spiro atoms. The second-order valence-corrected chi connectivity index (χ2v) is 7.77. The van der Waals surface area contributed by atoms with E-state index in [1.165, 1.54) is 0 Å². The van der Waals surface area contributed by atoms with E-state index >= 15 is 0 Å². The van der Waals surface area contributed by atoms with Crippen molar-refractivity contribution in [3.8, 4) is 23.0 Å². The van der Waals surface area contributed by atoms with Crippen LogP contribution < -0.4 is 24.4 Å². The third kappa shape index (κ3) is 3.02. The molecule has 3 heterocycles. The maximum Gasteiger partial charge on any atom is 0.231 e. The topological polar surface area (TPSA) is 74.5 Å². The number of ether oxygens (including phenoxy) is 4. The van der Waals surface area contributed by atoms with Crippen LogP contribution in [0.2, 0.25) is 0 Å². The Hall–Kier alpha value is -3.52. The number of likely N-dealkylation sites (N-methyl/N-ethyl adjacent to an activating group) is 1. The van der Waals surface area contributed by atoms with Crippen LogP contribution in [0.1, 0.15) is 5.56 Å². The van der Waals surface area contributed by atoms with Crippen LogP contribution in [0.3, 0.4) is 0 Å². The van der Waals surface area contributed by atoms with Gasteiger partial charge in [0.15, 0.2) is 28.4 Å². The molecular formula is C23H23N3O5. The van der Waals surface area contributed by atoms with E-state index in [1.54, 1.807) is 26.6 Å². The van der Waals surface area contributed by atoms with Crippen LogP contribution in [0.25, 0.3) is 27.3 Å². The quantitative estimate of drug-likeness (QED) is 0.459. The Bertz CT molecular complexity index is 1390. The summed E-state index contributed by atoms with van der Waals surface area (Å²) in [5.41, 5.74) is 2.96. The van der Waals surface area contributed by atoms with Crippen molar-refractivity contribution in [3.05, 3.63) is 46.4 Å². The van der Waals surface area contributed by atoms with Crippen molar-refractivity contribution in [1.29, 1.82) is 0 Å². The van der Waals surface area contributed by atoms with Gasteiger partial charge in [-0.05, 0) is 32.6 Å². The lowest BCUT2D eigenvalue weighted by atomic mass is 10.0. The average molecular weight is 421 g/mol. The summed E-state index contributed by atoms with van der Waals surface area (Å²) < 4.78 is 24.0. The average Bonchev–Trinajstić information content (AvgIpc) is 3.23. The Balaban J connectivity index is 1.94. The van der Waals surface area contributed by atoms with E-state index in [-0.39, 0.29) is 12.2 Å². The lowest BCUT2D eigenvalue weighted by molar-refractivity contribution is 0.174. The molecule has 2 aromatic carbocycles. The molecule has 0 N–H and O–H groups in total. The monoisotopic (exact) mass is 421 g/mol. The highest BCUT2D eigenvalue weighted by molar-refractivity contribution is 6.00. The number of rotatable bonds is 5. The molecule has 160 valence electrons. The highest BCUT2D eigenvalue weighted by Crippen LogP contribution is 2.38. The van der Waals surface area contributed by atoms with E-state index < -0.39 is 0 Å². The van der Waals surface area contributed by atoms with Crippen LogP contribution >= 0.6 is 0 Å². The van der Waals surface area contributed by atoms with E-state index in [4.69, 9.17) is 18.9 Å². The molecule has 0 saturated heterocycles. The molecule has 31 heavy (non-hydrogen) atoms. The van der Waals surface area contributed by atoms with Gasteiger partial charge in [-0.3, -0.25) is 9.20 Å². The van der Waals surface area contributed by atoms with Gasteiger partial charge in [0.25, 0.3) is 0 Å². The molecule has 0 radical (unpaired) electrons. The molecule has 4 aromatic rings. The normalized spacial score (nSPS) is 12.9. The summed E-state index contributed by atoms with van der Waals surface area (Å²) in [5, 5.41) is 1.40. The minimum atomic E-state index is -0.0250. The molecule has 0 unspecified atom stereocenters. The van der Waals surface area contributed by atoms with E-state index in [9.17, 15) is 4.79 Å². The zero-order valence-electron chi connectivity index (χ0n) is 17.9. The van der Waals surface area contributed by atoms with Crippen molar-refractivity contribution in [3.63, 3.8) is 0 Å². The standard InChI is InChI=1S/C23H23N3O5/c1-25(2)6-5-13-22-14-7-20-21(31-12-30-20)9-16(14)24-11-26(22)17-10-19(29-4)18(28-3)8-15(17)23(13)27/h7-11H,5-6,12H2,1-4H3. The molecule has 1 aliphatic heterocycles. The molecule has 1 aliphatic rings. The number of methoxy groups -OCH3 is 2. The molecule has 0 fully saturated rings. The predicted octanol–water partition coefficient (Wildman–Crippen LogP) is 2.85. The van der Waals surface area contributed by atoms with E-state index in [1.807, 2.05) is 36.7 Å². The number of benzene rings is 2. The molecule has 8 nitrogen and oxygen atoms in total. The largest absolute Gasteiger partial charge is 0.493 e. The summed E-state index contributed by atoms with van der Waals surface area (Å²) in [5.74, 6) is 2.38. The van der Waals surface area contributed by atoms with Gasteiger partial charge in [0, 0.05) is 29.6 Å². The van der Waals surface area contributed by atoms with Gasteiger partial charge in [-0.25, -0.2) is 4.98 Å². The van der Waals surface area contributed by atoms with E-state index in [2.05, 4.69) is 9.88 Å². The SMILES string of the molecule is COc1cc2c(=O)c(CCN(C)C)c3c4cc5c(cc4ncn3c2cc1OC)OCO5. The molecule has 8 heteroatoms. The predicted molar refractivity (Wildman–Crippen MR) is 118 cm³/mol. The molecule has 0 aliphatic carbocycles. The summed E-state index contributed by atoms with van der Waals surface area (Å²) in [7, 11) is 7.13. The number of hydrogen-bond acceptors (Lipinski definition) is 7. The lowest BCUT2D eigenvalue weighted by Crippen LogP contribution is -2.21. The number of hydrogen-bond donors (Lipinski definition) is 0. The highest BCUT2D eigenvalue weighted by atomic mass is 16.7. The second-order valence-electron chi connectivity index (χ2n) is 7.77. The second kappa shape index (κ2) is 7.31. The van der Waals surface area contributed by atoms with Crippen LogP contribution in [0.15, 0.2) is 35.4 Å². The van der Waals surface area contributed by atoms with Crippen molar-refractivity contribution in [2.45, 2.75) is 6.42 Å². The Kier molecular flexibility index (Phi) is 4.59. The number of aromatic nitrogens is 2. The maximum absolute atomic E-state index is 13.7. The fourth-order valence-electron chi connectivity index (χ4n) is 4.11. The van der Waals surface area contributed by atoms with Crippen molar-refractivity contribution >= 4 is 27.3 Å². The minimum Gasteiger partial charge on any atom is -0.493 e. The van der Waals surface area contributed by atoms with E-state index in [0.29, 0.717) is 40.3 Å². The van der Waals surface area contributed by atoms with Crippen molar-refractivity contribution in [2.24, 2.45) is 0 Å². The highest BCUT2D eigenvalue weighted by Gasteiger charge is 2.21. The summed E-state index contributed by atoms with van der Waals surface area (Å²) in [6, 6.07) is 7.33. The Morgan fingerprint density at radius 3 is 2.45 bits per heavy atom. The minimum absolute atomic E-state index is 0.0250. The third-order valence-corrected chi connectivity index (χ3v) is 5.67. The van der Waals surface area contributed by atoms with Gasteiger partial charge in [0.1, 0.15) is 6.33 Å². The summed E-state index contributed by atoms with van der Waals surface area (Å²) in [4.78, 5) is 20.4. The molecule has 0 atom stereocenters. The van der Waals surface area contributed by atoms with Gasteiger partial charge < -0.3 is 23.8 Å². The smallest absolute Gasteiger partial charge is 0.231 e. The van der Waals surface area contributed by atoms with Crippen LogP contribution in [0.4, 0.5) is 0 Å². The Morgan fingerprint density at radius 2 is 1.74 bits per heavy atom. The maximum atomic E-state index is 13.7. The van der Waals surface area contributed by atoms with Gasteiger partial charge in [0.05, 0.1) is 36.2 Å². The molecule has 0 saturated carbocycles. The van der Waals surface area contributed by atoms with Crippen LogP contribution in [0, 0.1) is 0 Å². The fraction of sp³-hybridized carbons (Fsp3) is 0.304. The van der Waals surface area contributed by atoms with Gasteiger partial charge >= 0.3 is 0 Å². The fourth-order valence-corrected chi connectivity index (χ4v) is 4.11. The number of nitrogens with zero attached hydrogens (tertiary/aromatic N) is 3. The van der Waals surface area contributed by atoms with Gasteiger partial charge in [-0.2, -0.15) is 0 Å². The number of fused-ring (bicyclic) bond motifs is 6. The van der Waals surface area contributed by atoms with Crippen LogP contribution in [0.5, 0.6) is 23.0 Å². The first-order valence-electron chi connectivity index (χ1n) is 9.98. The molecule has 2 aromatic heterocycles. The molecule has 0 amide bonds. The van der Waals surface area contributed by atoms with E-state index in [0.717, 1.165) is 28.5 Å². The summed E-state index contributed by atoms with van der Waals surface area (Å²) >= 11 is 0. The van der Waals surface area contributed by atoms with Crippen LogP contribution in [-0.2, 0) is 6.42 Å². The first-order valence-corrected chi connectivity index (χ1v) is 9.98. The first-order chi connectivity index (χ1) is 15.0. The van der Waals surface area contributed by atoms with Gasteiger partial charge in [-0.15, -0.1) is 0 Å². The van der Waals surface area contributed by atoms with Gasteiger partial charge in [0.2, 0.25) is 6.79 Å².